The van der Waals surface area contributed by atoms with Crippen LogP contribution in [0.25, 0.3) is 0 Å². The molecule has 4 rings (SSSR count). The Morgan fingerprint density at radius 3 is 2.46 bits per heavy atom. The number of imidazole rings is 1. The summed E-state index contributed by atoms with van der Waals surface area (Å²) in [5.41, 5.74) is 1.35. The lowest BCUT2D eigenvalue weighted by molar-refractivity contribution is -0.133. The average molecular weight is 507 g/mol. The molecular weight excluding hydrogens is 476 g/mol. The predicted octanol–water partition coefficient (Wildman–Crippen LogP) is 2.73. The number of hydrogen-bond donors (Lipinski definition) is 1. The fraction of sp³-hybridized carbons (Fsp3) is 0.333. The molecule has 37 heavy (non-hydrogen) atoms. The van der Waals surface area contributed by atoms with Gasteiger partial charge in [0.25, 0.3) is 5.91 Å². The third-order valence-electron chi connectivity index (χ3n) is 6.62. The second-order valence-corrected chi connectivity index (χ2v) is 9.07. The first kappa shape index (κ1) is 25.7. The first-order valence-corrected chi connectivity index (χ1v) is 11.7. The summed E-state index contributed by atoms with van der Waals surface area (Å²) < 4.78 is 17.2. The van der Waals surface area contributed by atoms with E-state index in [4.69, 9.17) is 14.2 Å². The molecule has 0 aliphatic carbocycles. The summed E-state index contributed by atoms with van der Waals surface area (Å²) in [7, 11) is 4.30. The molecule has 1 atom stereocenters. The number of amides is 2. The zero-order valence-electron chi connectivity index (χ0n) is 21.5. The molecule has 1 N–H and O–H groups in total. The summed E-state index contributed by atoms with van der Waals surface area (Å²) in [6.07, 6.45) is 1.38. The monoisotopic (exact) mass is 506 g/mol. The van der Waals surface area contributed by atoms with E-state index in [1.165, 1.54) is 30.0 Å². The van der Waals surface area contributed by atoms with Gasteiger partial charge >= 0.3 is 5.97 Å². The number of aryl methyl sites for hydroxylation is 1. The SMILES string of the molecule is COC(=O)c1ncn2c1C(=O)N(Cc1cc(OC)ccc1OC)[C@](C)(C(=O)NCc1ccc(C)cc1)C2. The van der Waals surface area contributed by atoms with Crippen LogP contribution in [0.4, 0.5) is 0 Å². The number of ether oxygens (including phenoxy) is 3. The van der Waals surface area contributed by atoms with Gasteiger partial charge in [0.05, 0.1) is 40.7 Å². The highest BCUT2D eigenvalue weighted by Gasteiger charge is 2.49. The Hall–Kier alpha value is -4.34. The van der Waals surface area contributed by atoms with Crippen molar-refractivity contribution in [1.29, 1.82) is 0 Å². The highest BCUT2D eigenvalue weighted by Crippen LogP contribution is 2.34. The zero-order valence-corrected chi connectivity index (χ0v) is 21.5. The number of aromatic nitrogens is 2. The number of hydrogen-bond acceptors (Lipinski definition) is 7. The molecule has 0 saturated carbocycles. The standard InChI is InChI=1S/C27H30N4O6/c1-17-6-8-18(9-7-17)13-28-26(34)27(2)15-30-16-29-22(25(33)37-5)23(30)24(32)31(27)14-19-12-20(35-3)10-11-21(19)36-4/h6-12,16H,13-15H2,1-5H3,(H,28,34)/t27-/m0/s1. The Bertz CT molecular complexity index is 1330. The van der Waals surface area contributed by atoms with E-state index in [0.29, 0.717) is 23.6 Å². The lowest BCUT2D eigenvalue weighted by atomic mass is 9.93. The molecule has 0 fully saturated rings. The van der Waals surface area contributed by atoms with Crippen molar-refractivity contribution < 1.29 is 28.6 Å². The average Bonchev–Trinajstić information content (AvgIpc) is 3.33. The molecule has 0 spiro atoms. The minimum Gasteiger partial charge on any atom is -0.497 e. The highest BCUT2D eigenvalue weighted by molar-refractivity contribution is 6.06. The number of carbonyl (C=O) groups excluding carboxylic acids is 3. The van der Waals surface area contributed by atoms with Gasteiger partial charge < -0.3 is 29.0 Å². The van der Waals surface area contributed by atoms with Gasteiger partial charge in [-0.2, -0.15) is 0 Å². The quantitative estimate of drug-likeness (QED) is 0.468. The van der Waals surface area contributed by atoms with Crippen LogP contribution in [0, 0.1) is 6.92 Å². The molecule has 0 unspecified atom stereocenters. The van der Waals surface area contributed by atoms with Crippen LogP contribution >= 0.6 is 0 Å². The number of rotatable bonds is 8. The molecule has 1 aliphatic rings. The van der Waals surface area contributed by atoms with Crippen molar-refractivity contribution in [2.75, 3.05) is 21.3 Å². The highest BCUT2D eigenvalue weighted by atomic mass is 16.5. The molecule has 10 heteroatoms. The first-order valence-electron chi connectivity index (χ1n) is 11.7. The molecule has 2 heterocycles. The Morgan fingerprint density at radius 2 is 1.81 bits per heavy atom. The zero-order chi connectivity index (χ0) is 26.7. The Kier molecular flexibility index (Phi) is 7.19. The second kappa shape index (κ2) is 10.3. The van der Waals surface area contributed by atoms with Crippen molar-refractivity contribution in [2.24, 2.45) is 0 Å². The summed E-state index contributed by atoms with van der Waals surface area (Å²) in [5, 5.41) is 2.97. The van der Waals surface area contributed by atoms with E-state index in [-0.39, 0.29) is 30.4 Å². The van der Waals surface area contributed by atoms with Gasteiger partial charge in [-0.1, -0.05) is 29.8 Å². The maximum absolute atomic E-state index is 13.9. The summed E-state index contributed by atoms with van der Waals surface area (Å²) in [6, 6.07) is 13.1. The fourth-order valence-corrected chi connectivity index (χ4v) is 4.44. The fourth-order valence-electron chi connectivity index (χ4n) is 4.44. The molecule has 3 aromatic rings. The molecule has 0 saturated heterocycles. The molecule has 1 aromatic heterocycles. The molecule has 0 bridgehead atoms. The lowest BCUT2D eigenvalue weighted by Crippen LogP contribution is -2.63. The van der Waals surface area contributed by atoms with E-state index in [9.17, 15) is 14.4 Å². The van der Waals surface area contributed by atoms with Gasteiger partial charge in [-0.15, -0.1) is 0 Å². The molecule has 2 aromatic carbocycles. The number of benzene rings is 2. The van der Waals surface area contributed by atoms with Gasteiger partial charge in [0.2, 0.25) is 5.91 Å². The van der Waals surface area contributed by atoms with E-state index in [1.807, 2.05) is 31.2 Å². The topological polar surface area (TPSA) is 112 Å². The van der Waals surface area contributed by atoms with Crippen molar-refractivity contribution >= 4 is 17.8 Å². The van der Waals surface area contributed by atoms with Crippen LogP contribution in [-0.4, -0.2) is 59.1 Å². The predicted molar refractivity (Wildman–Crippen MR) is 134 cm³/mol. The third kappa shape index (κ3) is 4.87. The van der Waals surface area contributed by atoms with Crippen molar-refractivity contribution in [3.05, 3.63) is 76.9 Å². The number of esters is 1. The smallest absolute Gasteiger partial charge is 0.359 e. The number of nitrogens with zero attached hydrogens (tertiary/aromatic N) is 3. The Morgan fingerprint density at radius 1 is 1.08 bits per heavy atom. The van der Waals surface area contributed by atoms with Crippen molar-refractivity contribution in [2.45, 2.75) is 39.0 Å². The minimum absolute atomic E-state index is 0.0272. The summed E-state index contributed by atoms with van der Waals surface area (Å²) in [4.78, 5) is 45.5. The van der Waals surface area contributed by atoms with Gasteiger partial charge in [-0.25, -0.2) is 9.78 Å². The normalized spacial score (nSPS) is 16.7. The Balaban J connectivity index is 1.73. The summed E-state index contributed by atoms with van der Waals surface area (Å²) >= 11 is 0. The van der Waals surface area contributed by atoms with E-state index in [2.05, 4.69) is 10.3 Å². The molecule has 194 valence electrons. The van der Waals surface area contributed by atoms with Gasteiger partial charge in [-0.3, -0.25) is 9.59 Å². The molecule has 2 amide bonds. The van der Waals surface area contributed by atoms with Crippen LogP contribution in [0.5, 0.6) is 11.5 Å². The Labute approximate surface area is 215 Å². The third-order valence-corrected chi connectivity index (χ3v) is 6.62. The maximum Gasteiger partial charge on any atom is 0.359 e. The first-order chi connectivity index (χ1) is 17.7. The van der Waals surface area contributed by atoms with Crippen LogP contribution in [0.1, 0.15) is 44.6 Å². The maximum atomic E-state index is 13.9. The minimum atomic E-state index is -1.31. The molecule has 0 radical (unpaired) electrons. The van der Waals surface area contributed by atoms with Crippen LogP contribution in [0.15, 0.2) is 48.8 Å². The van der Waals surface area contributed by atoms with Crippen molar-refractivity contribution in [1.82, 2.24) is 19.8 Å². The largest absolute Gasteiger partial charge is 0.497 e. The van der Waals surface area contributed by atoms with E-state index in [0.717, 1.165) is 11.1 Å². The van der Waals surface area contributed by atoms with Crippen LogP contribution < -0.4 is 14.8 Å². The van der Waals surface area contributed by atoms with E-state index in [1.54, 1.807) is 32.2 Å². The van der Waals surface area contributed by atoms with E-state index < -0.39 is 17.4 Å². The van der Waals surface area contributed by atoms with Crippen LogP contribution in [-0.2, 0) is 29.2 Å². The second-order valence-electron chi connectivity index (χ2n) is 9.07. The number of methoxy groups -OCH3 is 3. The summed E-state index contributed by atoms with van der Waals surface area (Å²) in [6.45, 7) is 4.10. The van der Waals surface area contributed by atoms with Crippen molar-refractivity contribution in [3.8, 4) is 11.5 Å². The van der Waals surface area contributed by atoms with Gasteiger partial charge in [0.15, 0.2) is 5.69 Å². The van der Waals surface area contributed by atoms with Gasteiger partial charge in [0, 0.05) is 12.1 Å². The van der Waals surface area contributed by atoms with Crippen LogP contribution in [0.3, 0.4) is 0 Å². The lowest BCUT2D eigenvalue weighted by Gasteiger charge is -2.44. The van der Waals surface area contributed by atoms with Crippen LogP contribution in [0.2, 0.25) is 0 Å². The molecule has 10 nitrogen and oxygen atoms in total. The van der Waals surface area contributed by atoms with Gasteiger partial charge in [-0.05, 0) is 37.6 Å². The summed E-state index contributed by atoms with van der Waals surface area (Å²) in [5.74, 6) is -0.493. The van der Waals surface area contributed by atoms with Crippen molar-refractivity contribution in [3.63, 3.8) is 0 Å². The molecular formula is C27H30N4O6. The van der Waals surface area contributed by atoms with Gasteiger partial charge in [0.1, 0.15) is 22.7 Å². The van der Waals surface area contributed by atoms with E-state index >= 15 is 0 Å². The number of nitrogens with one attached hydrogen (secondary N) is 1. The number of fused-ring (bicyclic) bond motifs is 1. The number of carbonyl (C=O) groups is 3. The molecule has 1 aliphatic heterocycles.